The molecule has 4 rings (SSSR count). The van der Waals surface area contributed by atoms with Gasteiger partial charge in [0.05, 0.1) is 36.8 Å². The van der Waals surface area contributed by atoms with Gasteiger partial charge in [0.15, 0.2) is 0 Å². The molecule has 4 aromatic rings. The molecule has 1 aromatic heterocycles. The van der Waals surface area contributed by atoms with Crippen LogP contribution in [0, 0.1) is 0 Å². The summed E-state index contributed by atoms with van der Waals surface area (Å²) < 4.78 is 12.3. The summed E-state index contributed by atoms with van der Waals surface area (Å²) in [7, 11) is 3.05. The van der Waals surface area contributed by atoms with Gasteiger partial charge in [-0.3, -0.25) is 4.79 Å². The summed E-state index contributed by atoms with van der Waals surface area (Å²) in [4.78, 5) is 12.5. The summed E-state index contributed by atoms with van der Waals surface area (Å²) in [5, 5.41) is 23.9. The number of nitrogens with one attached hydrogen (secondary N) is 2. The van der Waals surface area contributed by atoms with Gasteiger partial charge in [-0.05, 0) is 70.8 Å². The van der Waals surface area contributed by atoms with Crippen LogP contribution in [0.4, 0.5) is 0 Å². The maximum Gasteiger partial charge on any atom is 0.342 e. The fourth-order valence-corrected chi connectivity index (χ4v) is 4.55. The summed E-state index contributed by atoms with van der Waals surface area (Å²) in [6.45, 7) is 6.54. The van der Waals surface area contributed by atoms with Gasteiger partial charge in [-0.2, -0.15) is 9.67 Å². The Balaban J connectivity index is 1.53. The van der Waals surface area contributed by atoms with Crippen molar-refractivity contribution in [1.82, 2.24) is 15.6 Å². The van der Waals surface area contributed by atoms with Crippen molar-refractivity contribution in [2.45, 2.75) is 31.3 Å². The molecule has 0 bridgehead atoms. The Morgan fingerprint density at radius 1 is 1.08 bits per heavy atom. The molecule has 0 unspecified atom stereocenters. The first-order chi connectivity index (χ1) is 18.7. The molecule has 9 nitrogen and oxygen atoms in total. The summed E-state index contributed by atoms with van der Waals surface area (Å²) >= 11 is 1.28. The van der Waals surface area contributed by atoms with E-state index in [1.165, 1.54) is 36.7 Å². The normalized spacial score (nSPS) is 11.5. The lowest BCUT2D eigenvalue weighted by Crippen LogP contribution is -2.34. The van der Waals surface area contributed by atoms with E-state index in [0.717, 1.165) is 22.8 Å². The highest BCUT2D eigenvalue weighted by Crippen LogP contribution is 2.26. The van der Waals surface area contributed by atoms with Gasteiger partial charge in [0.1, 0.15) is 17.2 Å². The predicted molar refractivity (Wildman–Crippen MR) is 150 cm³/mol. The largest absolute Gasteiger partial charge is 0.870 e. The van der Waals surface area contributed by atoms with Crippen LogP contribution in [0.2, 0.25) is 0 Å². The minimum atomic E-state index is -0.302. The van der Waals surface area contributed by atoms with Crippen LogP contribution < -0.4 is 24.6 Å². The molecule has 0 saturated heterocycles. The van der Waals surface area contributed by atoms with E-state index in [1.54, 1.807) is 19.2 Å². The number of rotatable bonds is 9. The number of nitrogens with zero attached hydrogens (tertiary/aromatic N) is 3. The molecule has 0 spiro atoms. The van der Waals surface area contributed by atoms with Gasteiger partial charge in [-0.1, -0.05) is 50.8 Å². The van der Waals surface area contributed by atoms with E-state index < -0.39 is 0 Å². The number of ether oxygens (including phenoxy) is 2. The molecule has 1 heterocycles. The van der Waals surface area contributed by atoms with Crippen LogP contribution in [-0.2, 0) is 10.2 Å². The van der Waals surface area contributed by atoms with Crippen LogP contribution in [0.15, 0.2) is 77.0 Å². The Kier molecular flexibility index (Phi) is 8.55. The van der Waals surface area contributed by atoms with E-state index in [0.29, 0.717) is 10.7 Å². The number of methoxy groups -OCH3 is 2. The predicted octanol–water partition coefficient (Wildman–Crippen LogP) is 3.98. The van der Waals surface area contributed by atoms with Gasteiger partial charge in [0.25, 0.3) is 11.7 Å². The van der Waals surface area contributed by atoms with Crippen LogP contribution in [0.1, 0.15) is 31.9 Å². The van der Waals surface area contributed by atoms with Crippen molar-refractivity contribution < 1.29 is 23.9 Å². The second-order valence-corrected chi connectivity index (χ2v) is 10.7. The lowest BCUT2D eigenvalue weighted by Gasteiger charge is -2.18. The molecule has 0 radical (unpaired) electrons. The highest BCUT2D eigenvalue weighted by molar-refractivity contribution is 7.99. The van der Waals surface area contributed by atoms with Crippen molar-refractivity contribution in [2.24, 2.45) is 5.10 Å². The van der Waals surface area contributed by atoms with Crippen molar-refractivity contribution >= 4 is 23.9 Å². The first kappa shape index (κ1) is 27.7. The Bertz CT molecular complexity index is 1460. The standard InChI is InChI=1S/C29H31N5O4S/c1-29(2,3)21-9-7-20(8-10-21)27-32-33-28(34(27)22-11-13-23(37-4)14-12-22)39-18-26(36)31-30-17-19-6-15-24(35)25(16-19)38-5/h6-17H,18H2,1-5H3,(H2,30,31,35,36). The molecule has 202 valence electrons. The summed E-state index contributed by atoms with van der Waals surface area (Å²) in [5.74, 6) is 1.31. The minimum absolute atomic E-state index is 0.0425. The number of carbonyl (C=O) groups is 1. The molecule has 0 aliphatic heterocycles. The third kappa shape index (κ3) is 6.77. The number of benzene rings is 3. The number of hydrogen-bond donors (Lipinski definition) is 2. The third-order valence-corrected chi connectivity index (χ3v) is 6.89. The highest BCUT2D eigenvalue weighted by Gasteiger charge is 2.25. The molecule has 1 amide bonds. The molecular formula is C29H31N5O4S. The lowest BCUT2D eigenvalue weighted by atomic mass is 9.87. The van der Waals surface area contributed by atoms with Crippen LogP contribution in [-0.4, -0.2) is 42.3 Å². The number of carbonyl (C=O) groups excluding carboxylic acids is 1. The van der Waals surface area contributed by atoms with Crippen molar-refractivity contribution in [3.8, 4) is 34.3 Å². The monoisotopic (exact) mass is 545 g/mol. The van der Waals surface area contributed by atoms with Crippen LogP contribution in [0.5, 0.6) is 17.2 Å². The molecule has 2 N–H and O–H groups in total. The average molecular weight is 546 g/mol. The summed E-state index contributed by atoms with van der Waals surface area (Å²) in [5.41, 5.74) is 6.26. The number of aromatic nitrogens is 3. The molecular weight excluding hydrogens is 514 g/mol. The molecule has 0 saturated carbocycles. The van der Waals surface area contributed by atoms with Gasteiger partial charge in [-0.25, -0.2) is 5.43 Å². The zero-order chi connectivity index (χ0) is 28.0. The van der Waals surface area contributed by atoms with Crippen molar-refractivity contribution in [3.05, 3.63) is 77.9 Å². The van der Waals surface area contributed by atoms with Crippen molar-refractivity contribution in [2.75, 3.05) is 20.0 Å². The molecule has 0 aliphatic carbocycles. The van der Waals surface area contributed by atoms with Crippen molar-refractivity contribution in [1.29, 1.82) is 0 Å². The number of hydrazone groups is 1. The average Bonchev–Trinajstić information content (AvgIpc) is 3.36. The molecule has 10 heteroatoms. The van der Waals surface area contributed by atoms with Gasteiger partial charge in [0, 0.05) is 0 Å². The van der Waals surface area contributed by atoms with Crippen molar-refractivity contribution in [3.63, 3.8) is 0 Å². The molecule has 3 aromatic carbocycles. The summed E-state index contributed by atoms with van der Waals surface area (Å²) in [6.07, 6.45) is 1.45. The van der Waals surface area contributed by atoms with Crippen LogP contribution in [0.3, 0.4) is 0 Å². The third-order valence-electron chi connectivity index (χ3n) is 5.95. The van der Waals surface area contributed by atoms with E-state index in [4.69, 9.17) is 9.47 Å². The zero-order valence-corrected chi connectivity index (χ0v) is 23.3. The topological polar surface area (TPSA) is 116 Å². The summed E-state index contributed by atoms with van der Waals surface area (Å²) in [6, 6.07) is 20.6. The SMILES string of the molecule is COc1ccc(-[n+]2c(SCC(=O)NN=Cc3ccc([O-])c(OC)c3)n[nH]c2-c2ccc(C(C)(C)C)cc2)cc1. The first-order valence-corrected chi connectivity index (χ1v) is 13.2. The Labute approximate surface area is 231 Å². The van der Waals surface area contributed by atoms with E-state index in [1.807, 2.05) is 28.8 Å². The van der Waals surface area contributed by atoms with Gasteiger partial charge in [-0.15, -0.1) is 5.10 Å². The number of amides is 1. The number of thioether (sulfide) groups is 1. The maximum absolute atomic E-state index is 12.5. The second-order valence-electron chi connectivity index (χ2n) is 9.71. The molecule has 0 fully saturated rings. The maximum atomic E-state index is 12.5. The molecule has 39 heavy (non-hydrogen) atoms. The van der Waals surface area contributed by atoms with E-state index in [9.17, 15) is 9.90 Å². The first-order valence-electron chi connectivity index (χ1n) is 12.2. The Morgan fingerprint density at radius 2 is 1.79 bits per heavy atom. The van der Waals surface area contributed by atoms with E-state index in [-0.39, 0.29) is 28.6 Å². The molecule has 0 aliphatic rings. The molecule has 0 atom stereocenters. The fraction of sp³-hybridized carbons (Fsp3) is 0.241. The Hall–Kier alpha value is -4.31. The van der Waals surface area contributed by atoms with Crippen LogP contribution >= 0.6 is 11.8 Å². The number of hydrogen-bond acceptors (Lipinski definition) is 7. The van der Waals surface area contributed by atoms with E-state index >= 15 is 0 Å². The van der Waals surface area contributed by atoms with Gasteiger partial charge < -0.3 is 14.6 Å². The minimum Gasteiger partial charge on any atom is -0.870 e. The van der Waals surface area contributed by atoms with E-state index in [2.05, 4.69) is 65.8 Å². The zero-order valence-electron chi connectivity index (χ0n) is 22.5. The van der Waals surface area contributed by atoms with Gasteiger partial charge >= 0.3 is 5.16 Å². The van der Waals surface area contributed by atoms with Crippen LogP contribution in [0.25, 0.3) is 17.1 Å². The Morgan fingerprint density at radius 3 is 2.44 bits per heavy atom. The number of H-pyrrole nitrogens is 1. The lowest BCUT2D eigenvalue weighted by molar-refractivity contribution is -0.625. The fourth-order valence-electron chi connectivity index (χ4n) is 3.79. The quantitative estimate of drug-likeness (QED) is 0.142. The highest BCUT2D eigenvalue weighted by atomic mass is 32.2. The van der Waals surface area contributed by atoms with Gasteiger partial charge in [0.2, 0.25) is 0 Å². The smallest absolute Gasteiger partial charge is 0.342 e. The second kappa shape index (κ2) is 12.0. The number of aromatic amines is 1.